The Morgan fingerprint density at radius 3 is 2.65 bits per heavy atom. The normalized spacial score (nSPS) is 12.1. The molecule has 20 heavy (non-hydrogen) atoms. The quantitative estimate of drug-likeness (QED) is 0.822. The van der Waals surface area contributed by atoms with Crippen LogP contribution in [0.5, 0.6) is 0 Å². The van der Waals surface area contributed by atoms with Gasteiger partial charge in [0.2, 0.25) is 5.91 Å². The van der Waals surface area contributed by atoms with E-state index in [4.69, 9.17) is 5.73 Å². The number of thiophene rings is 1. The number of hydrogen-bond acceptors (Lipinski definition) is 3. The summed E-state index contributed by atoms with van der Waals surface area (Å²) in [5, 5.41) is 4.94. The molecule has 2 rings (SSSR count). The summed E-state index contributed by atoms with van der Waals surface area (Å²) in [6.45, 7) is 0.651. The van der Waals surface area contributed by atoms with Gasteiger partial charge in [0.15, 0.2) is 0 Å². The van der Waals surface area contributed by atoms with Crippen molar-refractivity contribution in [3.8, 4) is 0 Å². The van der Waals surface area contributed by atoms with Gasteiger partial charge in [-0.25, -0.2) is 0 Å². The Kier molecular flexibility index (Phi) is 5.77. The van der Waals surface area contributed by atoms with Crippen molar-refractivity contribution in [1.29, 1.82) is 0 Å². The number of carbonyl (C=O) groups excluding carboxylic acids is 1. The standard InChI is InChI=1S/C16H20N2OS/c17-15(9-8-13-5-2-1-3-6-13)16(19)18-11-10-14-7-4-12-20-14/h1-7,12,15H,8-11,17H2,(H,18,19)/t15-/m0/s1. The van der Waals surface area contributed by atoms with E-state index < -0.39 is 6.04 Å². The Bertz CT molecular complexity index is 511. The molecule has 1 aromatic heterocycles. The molecule has 2 aromatic rings. The van der Waals surface area contributed by atoms with Crippen LogP contribution in [-0.4, -0.2) is 18.5 Å². The molecule has 1 amide bonds. The highest BCUT2D eigenvalue weighted by molar-refractivity contribution is 7.09. The number of nitrogens with two attached hydrogens (primary N) is 1. The van der Waals surface area contributed by atoms with E-state index in [9.17, 15) is 4.79 Å². The minimum Gasteiger partial charge on any atom is -0.354 e. The summed E-state index contributed by atoms with van der Waals surface area (Å²) in [4.78, 5) is 13.1. The van der Waals surface area contributed by atoms with E-state index in [0.717, 1.165) is 12.8 Å². The van der Waals surface area contributed by atoms with Gasteiger partial charge < -0.3 is 11.1 Å². The van der Waals surface area contributed by atoms with Gasteiger partial charge in [-0.1, -0.05) is 36.4 Å². The van der Waals surface area contributed by atoms with Crippen LogP contribution >= 0.6 is 11.3 Å². The summed E-state index contributed by atoms with van der Waals surface area (Å²) in [6.07, 6.45) is 2.38. The lowest BCUT2D eigenvalue weighted by molar-refractivity contribution is -0.122. The Hall–Kier alpha value is -1.65. The van der Waals surface area contributed by atoms with Gasteiger partial charge in [-0.05, 0) is 36.3 Å². The second kappa shape index (κ2) is 7.82. The van der Waals surface area contributed by atoms with E-state index in [1.807, 2.05) is 29.6 Å². The van der Waals surface area contributed by atoms with Gasteiger partial charge in [-0.15, -0.1) is 11.3 Å². The molecule has 1 heterocycles. The summed E-state index contributed by atoms with van der Waals surface area (Å²) in [7, 11) is 0. The molecule has 0 aliphatic carbocycles. The zero-order chi connectivity index (χ0) is 14.2. The molecular weight excluding hydrogens is 268 g/mol. The monoisotopic (exact) mass is 288 g/mol. The van der Waals surface area contributed by atoms with Gasteiger partial charge in [0, 0.05) is 11.4 Å². The number of hydrogen-bond donors (Lipinski definition) is 2. The first-order valence-corrected chi connectivity index (χ1v) is 7.73. The summed E-state index contributed by atoms with van der Waals surface area (Å²) in [5.74, 6) is -0.0579. The molecule has 0 radical (unpaired) electrons. The first-order chi connectivity index (χ1) is 9.75. The maximum Gasteiger partial charge on any atom is 0.236 e. The van der Waals surface area contributed by atoms with Crippen molar-refractivity contribution in [3.05, 3.63) is 58.3 Å². The highest BCUT2D eigenvalue weighted by Crippen LogP contribution is 2.08. The van der Waals surface area contributed by atoms with Gasteiger partial charge in [-0.2, -0.15) is 0 Å². The van der Waals surface area contributed by atoms with Crippen LogP contribution in [0.3, 0.4) is 0 Å². The maximum absolute atomic E-state index is 11.9. The minimum absolute atomic E-state index is 0.0579. The third-order valence-corrected chi connectivity index (χ3v) is 4.11. The molecule has 106 valence electrons. The van der Waals surface area contributed by atoms with E-state index in [0.29, 0.717) is 13.0 Å². The molecule has 1 aromatic carbocycles. The number of nitrogens with one attached hydrogen (secondary N) is 1. The molecule has 1 atom stereocenters. The van der Waals surface area contributed by atoms with Crippen LogP contribution in [0.2, 0.25) is 0 Å². The number of benzene rings is 1. The lowest BCUT2D eigenvalue weighted by atomic mass is 10.1. The second-order valence-corrected chi connectivity index (χ2v) is 5.78. The molecular formula is C16H20N2OS. The fraction of sp³-hybridized carbons (Fsp3) is 0.312. The molecule has 3 N–H and O–H groups in total. The molecule has 0 aliphatic rings. The van der Waals surface area contributed by atoms with Crippen molar-refractivity contribution >= 4 is 17.2 Å². The Morgan fingerprint density at radius 1 is 1.15 bits per heavy atom. The van der Waals surface area contributed by atoms with E-state index in [1.165, 1.54) is 10.4 Å². The zero-order valence-electron chi connectivity index (χ0n) is 11.4. The van der Waals surface area contributed by atoms with Crippen molar-refractivity contribution in [3.63, 3.8) is 0 Å². The van der Waals surface area contributed by atoms with Gasteiger partial charge in [0.25, 0.3) is 0 Å². The van der Waals surface area contributed by atoms with Crippen molar-refractivity contribution in [2.24, 2.45) is 5.73 Å². The summed E-state index contributed by atoms with van der Waals surface area (Å²) < 4.78 is 0. The van der Waals surface area contributed by atoms with Crippen molar-refractivity contribution in [2.45, 2.75) is 25.3 Å². The smallest absolute Gasteiger partial charge is 0.236 e. The molecule has 4 heteroatoms. The van der Waals surface area contributed by atoms with Crippen molar-refractivity contribution < 1.29 is 4.79 Å². The van der Waals surface area contributed by atoms with Gasteiger partial charge >= 0.3 is 0 Å². The molecule has 0 aliphatic heterocycles. The van der Waals surface area contributed by atoms with Crippen LogP contribution in [0.25, 0.3) is 0 Å². The van der Waals surface area contributed by atoms with Crippen LogP contribution in [-0.2, 0) is 17.6 Å². The Morgan fingerprint density at radius 2 is 1.95 bits per heavy atom. The molecule has 0 bridgehead atoms. The van der Waals surface area contributed by atoms with Crippen molar-refractivity contribution in [1.82, 2.24) is 5.32 Å². The lowest BCUT2D eigenvalue weighted by Crippen LogP contribution is -2.41. The largest absolute Gasteiger partial charge is 0.354 e. The van der Waals surface area contributed by atoms with Crippen LogP contribution in [0, 0.1) is 0 Å². The summed E-state index contributed by atoms with van der Waals surface area (Å²) >= 11 is 1.71. The van der Waals surface area contributed by atoms with E-state index in [-0.39, 0.29) is 5.91 Å². The van der Waals surface area contributed by atoms with Crippen LogP contribution < -0.4 is 11.1 Å². The molecule has 0 saturated carbocycles. The van der Waals surface area contributed by atoms with Crippen LogP contribution in [0.4, 0.5) is 0 Å². The number of amides is 1. The number of aryl methyl sites for hydroxylation is 1. The fourth-order valence-corrected chi connectivity index (χ4v) is 2.70. The van der Waals surface area contributed by atoms with Gasteiger partial charge in [0.05, 0.1) is 6.04 Å². The molecule has 0 unspecified atom stereocenters. The third-order valence-electron chi connectivity index (χ3n) is 3.17. The Labute approximate surface area is 123 Å². The molecule has 0 spiro atoms. The first kappa shape index (κ1) is 14.8. The zero-order valence-corrected chi connectivity index (χ0v) is 12.2. The fourth-order valence-electron chi connectivity index (χ4n) is 1.99. The predicted octanol–water partition coefficient (Wildman–Crippen LogP) is 2.37. The SMILES string of the molecule is N[C@@H](CCc1ccccc1)C(=O)NCCc1cccs1. The van der Waals surface area contributed by atoms with Gasteiger partial charge in [-0.3, -0.25) is 4.79 Å². The molecule has 0 saturated heterocycles. The lowest BCUT2D eigenvalue weighted by Gasteiger charge is -2.12. The summed E-state index contributed by atoms with van der Waals surface area (Å²) in [6, 6.07) is 13.8. The number of rotatable bonds is 7. The predicted molar refractivity (Wildman–Crippen MR) is 83.8 cm³/mol. The van der Waals surface area contributed by atoms with Crippen LogP contribution in [0.15, 0.2) is 47.8 Å². The van der Waals surface area contributed by atoms with Crippen LogP contribution in [0.1, 0.15) is 16.9 Å². The van der Waals surface area contributed by atoms with Gasteiger partial charge in [0.1, 0.15) is 0 Å². The first-order valence-electron chi connectivity index (χ1n) is 6.85. The van der Waals surface area contributed by atoms with Crippen molar-refractivity contribution in [2.75, 3.05) is 6.54 Å². The van der Waals surface area contributed by atoms with E-state index in [2.05, 4.69) is 23.5 Å². The number of carbonyl (C=O) groups is 1. The second-order valence-electron chi connectivity index (χ2n) is 4.75. The minimum atomic E-state index is -0.432. The molecule has 0 fully saturated rings. The average molecular weight is 288 g/mol. The highest BCUT2D eigenvalue weighted by atomic mass is 32.1. The average Bonchev–Trinajstić information content (AvgIpc) is 2.99. The summed E-state index contributed by atoms with van der Waals surface area (Å²) in [5.41, 5.74) is 7.13. The topological polar surface area (TPSA) is 55.1 Å². The van der Waals surface area contributed by atoms with E-state index in [1.54, 1.807) is 11.3 Å². The third kappa shape index (κ3) is 4.79. The highest BCUT2D eigenvalue weighted by Gasteiger charge is 2.12. The molecule has 3 nitrogen and oxygen atoms in total. The maximum atomic E-state index is 11.9. The Balaban J connectivity index is 1.66. The van der Waals surface area contributed by atoms with E-state index >= 15 is 0 Å².